The van der Waals surface area contributed by atoms with Crippen molar-refractivity contribution in [2.75, 3.05) is 18.0 Å². The fourth-order valence-corrected chi connectivity index (χ4v) is 5.12. The number of nitrogens with zero attached hydrogens (tertiary/aromatic N) is 2. The number of hydrogen-bond donors (Lipinski definition) is 0. The number of sulfone groups is 1. The van der Waals surface area contributed by atoms with Gasteiger partial charge in [0.1, 0.15) is 0 Å². The second-order valence-electron chi connectivity index (χ2n) is 6.97. The molecule has 7 heteroatoms. The number of aromatic nitrogens is 1. The van der Waals surface area contributed by atoms with Crippen molar-refractivity contribution in [1.82, 2.24) is 4.98 Å². The zero-order valence-corrected chi connectivity index (χ0v) is 18.0. The first-order valence-electron chi connectivity index (χ1n) is 9.29. The normalized spacial score (nSPS) is 15.0. The first-order chi connectivity index (χ1) is 13.5. The highest BCUT2D eigenvalue weighted by atomic mass is 79.9. The van der Waals surface area contributed by atoms with Crippen LogP contribution in [0.2, 0.25) is 0 Å². The van der Waals surface area contributed by atoms with E-state index >= 15 is 0 Å². The first-order valence-corrected chi connectivity index (χ1v) is 11.6. The lowest BCUT2D eigenvalue weighted by Gasteiger charge is -2.26. The molecule has 28 heavy (non-hydrogen) atoms. The molecule has 1 aliphatic rings. The van der Waals surface area contributed by atoms with E-state index in [1.807, 2.05) is 36.1 Å². The largest absolute Gasteiger partial charge is 0.419 e. The second kappa shape index (κ2) is 7.72. The summed E-state index contributed by atoms with van der Waals surface area (Å²) in [6, 6.07) is 14.3. The number of piperidine rings is 1. The van der Waals surface area contributed by atoms with E-state index in [0.717, 1.165) is 48.0 Å². The second-order valence-corrected chi connectivity index (χ2v) is 9.69. The number of rotatable bonds is 4. The van der Waals surface area contributed by atoms with Gasteiger partial charge in [0.25, 0.3) is 0 Å². The molecule has 146 valence electrons. The van der Waals surface area contributed by atoms with E-state index in [-0.39, 0.29) is 9.92 Å². The van der Waals surface area contributed by atoms with Gasteiger partial charge in [-0.2, -0.15) is 4.98 Å². The van der Waals surface area contributed by atoms with Crippen LogP contribution in [-0.4, -0.2) is 26.5 Å². The Morgan fingerprint density at radius 2 is 1.68 bits per heavy atom. The number of oxazole rings is 1. The van der Waals surface area contributed by atoms with Gasteiger partial charge in [-0.15, -0.1) is 0 Å². The molecule has 0 bridgehead atoms. The fraction of sp³-hybridized carbons (Fsp3) is 0.286. The van der Waals surface area contributed by atoms with Crippen LogP contribution in [0, 0.1) is 6.92 Å². The smallest absolute Gasteiger partial charge is 0.236 e. The molecule has 0 aliphatic carbocycles. The van der Waals surface area contributed by atoms with Gasteiger partial charge in [-0.05, 0) is 66.4 Å². The minimum atomic E-state index is -3.80. The molecular weight excluding hydrogens is 440 g/mol. The minimum Gasteiger partial charge on any atom is -0.419 e. The van der Waals surface area contributed by atoms with Crippen molar-refractivity contribution in [3.05, 3.63) is 58.6 Å². The van der Waals surface area contributed by atoms with Gasteiger partial charge >= 0.3 is 0 Å². The summed E-state index contributed by atoms with van der Waals surface area (Å²) >= 11 is 3.50. The maximum absolute atomic E-state index is 13.4. The predicted octanol–water partition coefficient (Wildman–Crippen LogP) is 5.24. The number of halogens is 1. The zero-order chi connectivity index (χ0) is 19.7. The van der Waals surface area contributed by atoms with Gasteiger partial charge < -0.3 is 9.32 Å². The highest BCUT2D eigenvalue weighted by molar-refractivity contribution is 9.10. The van der Waals surface area contributed by atoms with Crippen LogP contribution in [0.3, 0.4) is 0 Å². The third kappa shape index (κ3) is 3.61. The standard InChI is InChI=1S/C21H21BrN2O3S/c1-15-9-11-16(12-10-15)28(25,26)20-21(24-13-5-2-6-14-24)27-19(23-20)17-7-3-4-8-18(17)22/h3-4,7-12H,2,5-6,13-14H2,1H3. The molecule has 3 aromatic rings. The van der Waals surface area contributed by atoms with Gasteiger partial charge in [-0.1, -0.05) is 29.8 Å². The van der Waals surface area contributed by atoms with Crippen LogP contribution in [0.1, 0.15) is 24.8 Å². The molecule has 0 atom stereocenters. The van der Waals surface area contributed by atoms with Gasteiger partial charge in [0.05, 0.1) is 10.5 Å². The van der Waals surface area contributed by atoms with E-state index < -0.39 is 9.84 Å². The summed E-state index contributed by atoms with van der Waals surface area (Å²) in [6.07, 6.45) is 3.16. The molecule has 4 rings (SSSR count). The fourth-order valence-electron chi connectivity index (χ4n) is 3.35. The van der Waals surface area contributed by atoms with Crippen molar-refractivity contribution >= 4 is 31.7 Å². The molecule has 0 saturated carbocycles. The van der Waals surface area contributed by atoms with E-state index in [2.05, 4.69) is 20.9 Å². The van der Waals surface area contributed by atoms with E-state index in [9.17, 15) is 8.42 Å². The van der Waals surface area contributed by atoms with Crippen LogP contribution in [0.5, 0.6) is 0 Å². The lowest BCUT2D eigenvalue weighted by atomic mass is 10.1. The molecule has 0 spiro atoms. The molecule has 1 fully saturated rings. The SMILES string of the molecule is Cc1ccc(S(=O)(=O)c2nc(-c3ccccc3Br)oc2N2CCCCC2)cc1. The van der Waals surface area contributed by atoms with Gasteiger partial charge in [0.15, 0.2) is 0 Å². The maximum Gasteiger partial charge on any atom is 0.236 e. The number of anilines is 1. The molecular formula is C21H21BrN2O3S. The van der Waals surface area contributed by atoms with Crippen LogP contribution in [0.4, 0.5) is 5.88 Å². The molecule has 1 saturated heterocycles. The van der Waals surface area contributed by atoms with Crippen molar-refractivity contribution in [2.24, 2.45) is 0 Å². The zero-order valence-electron chi connectivity index (χ0n) is 15.6. The van der Waals surface area contributed by atoms with Crippen LogP contribution in [-0.2, 0) is 9.84 Å². The Balaban J connectivity index is 1.87. The summed E-state index contributed by atoms with van der Waals surface area (Å²) in [6.45, 7) is 3.46. The number of benzene rings is 2. The van der Waals surface area contributed by atoms with E-state index in [1.165, 1.54) is 0 Å². The quantitative estimate of drug-likeness (QED) is 0.532. The average molecular weight is 461 g/mol. The van der Waals surface area contributed by atoms with Crippen molar-refractivity contribution < 1.29 is 12.8 Å². The van der Waals surface area contributed by atoms with E-state index in [0.29, 0.717) is 11.8 Å². The highest BCUT2D eigenvalue weighted by Gasteiger charge is 2.32. The molecule has 5 nitrogen and oxygen atoms in total. The van der Waals surface area contributed by atoms with E-state index in [1.54, 1.807) is 24.3 Å². The predicted molar refractivity (Wildman–Crippen MR) is 112 cm³/mol. The number of aryl methyl sites for hydroxylation is 1. The van der Waals surface area contributed by atoms with Crippen LogP contribution in [0.15, 0.2) is 67.3 Å². The summed E-state index contributed by atoms with van der Waals surface area (Å²) in [7, 11) is -3.80. The molecule has 0 radical (unpaired) electrons. The summed E-state index contributed by atoms with van der Waals surface area (Å²) in [5.74, 6) is 0.643. The van der Waals surface area contributed by atoms with Crippen molar-refractivity contribution in [3.63, 3.8) is 0 Å². The topological polar surface area (TPSA) is 63.4 Å². The molecule has 2 aromatic carbocycles. The Bertz CT molecular complexity index is 1090. The van der Waals surface area contributed by atoms with Gasteiger partial charge in [0.2, 0.25) is 26.6 Å². The Morgan fingerprint density at radius 1 is 1.00 bits per heavy atom. The van der Waals surface area contributed by atoms with Gasteiger partial charge in [-0.25, -0.2) is 8.42 Å². The first kappa shape index (κ1) is 19.2. The third-order valence-electron chi connectivity index (χ3n) is 4.91. The lowest BCUT2D eigenvalue weighted by molar-refractivity contribution is 0.499. The Hall–Kier alpha value is -2.12. The van der Waals surface area contributed by atoms with Crippen molar-refractivity contribution in [3.8, 4) is 11.5 Å². The summed E-state index contributed by atoms with van der Waals surface area (Å²) < 4.78 is 33.6. The minimum absolute atomic E-state index is 0.0102. The van der Waals surface area contributed by atoms with Crippen LogP contribution in [0.25, 0.3) is 11.5 Å². The third-order valence-corrected chi connectivity index (χ3v) is 7.27. The highest BCUT2D eigenvalue weighted by Crippen LogP contribution is 2.37. The van der Waals surface area contributed by atoms with Crippen LogP contribution >= 0.6 is 15.9 Å². The Morgan fingerprint density at radius 3 is 2.36 bits per heavy atom. The molecule has 0 N–H and O–H groups in total. The Kier molecular flexibility index (Phi) is 5.29. The van der Waals surface area contributed by atoms with Crippen molar-refractivity contribution in [2.45, 2.75) is 36.1 Å². The van der Waals surface area contributed by atoms with Gasteiger partial charge in [0, 0.05) is 17.6 Å². The monoisotopic (exact) mass is 460 g/mol. The lowest BCUT2D eigenvalue weighted by Crippen LogP contribution is -2.30. The van der Waals surface area contributed by atoms with Crippen LogP contribution < -0.4 is 4.90 Å². The van der Waals surface area contributed by atoms with Crippen molar-refractivity contribution in [1.29, 1.82) is 0 Å². The summed E-state index contributed by atoms with van der Waals surface area (Å²) in [5.41, 5.74) is 1.73. The van der Waals surface area contributed by atoms with Gasteiger partial charge in [-0.3, -0.25) is 0 Å². The number of hydrogen-bond acceptors (Lipinski definition) is 5. The molecule has 2 heterocycles. The maximum atomic E-state index is 13.4. The summed E-state index contributed by atoms with van der Waals surface area (Å²) in [5, 5.41) is -0.0102. The molecule has 0 amide bonds. The summed E-state index contributed by atoms with van der Waals surface area (Å²) in [4.78, 5) is 6.68. The average Bonchev–Trinajstić information content (AvgIpc) is 3.15. The van der Waals surface area contributed by atoms with E-state index in [4.69, 9.17) is 4.42 Å². The Labute approximate surface area is 173 Å². The molecule has 0 unspecified atom stereocenters. The molecule has 1 aliphatic heterocycles. The molecule has 1 aromatic heterocycles.